The molecule has 0 spiro atoms. The minimum Gasteiger partial charge on any atom is -0.0502 e. The third-order valence-electron chi connectivity index (χ3n) is 5.90. The first-order valence-corrected chi connectivity index (χ1v) is 7.90. The molecule has 0 amide bonds. The summed E-state index contributed by atoms with van der Waals surface area (Å²) < 4.78 is 0. The van der Waals surface area contributed by atoms with Crippen LogP contribution in [0.3, 0.4) is 0 Å². The summed E-state index contributed by atoms with van der Waals surface area (Å²) >= 11 is 0. The third kappa shape index (κ3) is 2.63. The van der Waals surface area contributed by atoms with Crippen molar-refractivity contribution in [3.63, 3.8) is 0 Å². The van der Waals surface area contributed by atoms with Crippen molar-refractivity contribution in [1.82, 2.24) is 0 Å². The summed E-state index contributed by atoms with van der Waals surface area (Å²) in [6.45, 7) is 0. The van der Waals surface area contributed by atoms with Crippen molar-refractivity contribution in [2.24, 2.45) is 23.7 Å². The predicted octanol–water partition coefficient (Wildman–Crippen LogP) is 5.17. The van der Waals surface area contributed by atoms with Gasteiger partial charge in [-0.2, -0.15) is 0 Å². The van der Waals surface area contributed by atoms with Gasteiger partial charge in [0.1, 0.15) is 0 Å². The van der Waals surface area contributed by atoms with E-state index in [2.05, 4.69) is 0 Å². The number of hydrogen-bond donors (Lipinski definition) is 0. The van der Waals surface area contributed by atoms with Crippen molar-refractivity contribution in [3.05, 3.63) is 0 Å². The lowest BCUT2D eigenvalue weighted by Gasteiger charge is -2.35. The maximum absolute atomic E-state index is 1.57. The molecule has 0 heterocycles. The molecule has 0 radical (unpaired) electrons. The van der Waals surface area contributed by atoms with Gasteiger partial charge in [-0.1, -0.05) is 77.0 Å². The van der Waals surface area contributed by atoms with Gasteiger partial charge in [-0.3, -0.25) is 0 Å². The first-order valence-electron chi connectivity index (χ1n) is 7.90. The number of hydrogen-bond acceptors (Lipinski definition) is 0. The molecule has 0 nitrogen and oxygen atoms in total. The average Bonchev–Trinajstić information content (AvgIpc) is 2.33. The second kappa shape index (κ2) is 5.10. The molecule has 16 heavy (non-hydrogen) atoms. The zero-order valence-electron chi connectivity index (χ0n) is 10.8. The van der Waals surface area contributed by atoms with Crippen LogP contribution < -0.4 is 0 Å². The molecule has 0 atom stereocenters. The summed E-state index contributed by atoms with van der Waals surface area (Å²) in [4.78, 5) is 0. The molecule has 6 saturated carbocycles. The fourth-order valence-corrected chi connectivity index (χ4v) is 4.56. The lowest BCUT2D eigenvalue weighted by atomic mass is 9.71. The van der Waals surface area contributed by atoms with Crippen molar-refractivity contribution >= 4 is 0 Å². The molecule has 0 unspecified atom stereocenters. The monoisotopic (exact) mass is 220 g/mol. The zero-order chi connectivity index (χ0) is 10.8. The third-order valence-corrected chi connectivity index (χ3v) is 5.90. The molecule has 0 aromatic rings. The zero-order valence-corrected chi connectivity index (χ0v) is 10.8. The molecule has 4 bridgehead atoms. The molecular formula is C16H28. The molecule has 92 valence electrons. The molecule has 6 fully saturated rings. The quantitative estimate of drug-likeness (QED) is 0.528. The Morgan fingerprint density at radius 3 is 0.500 bits per heavy atom. The summed E-state index contributed by atoms with van der Waals surface area (Å²) in [5, 5.41) is 0. The highest BCUT2D eigenvalue weighted by Crippen LogP contribution is 2.41. The molecule has 0 saturated heterocycles. The van der Waals surface area contributed by atoms with Gasteiger partial charge in [0.25, 0.3) is 0 Å². The van der Waals surface area contributed by atoms with Crippen molar-refractivity contribution in [2.45, 2.75) is 77.0 Å². The predicted molar refractivity (Wildman–Crippen MR) is 69.4 cm³/mol. The Labute approximate surface area is 101 Å². The van der Waals surface area contributed by atoms with E-state index in [0.717, 1.165) is 23.7 Å². The molecule has 0 aliphatic heterocycles. The maximum Gasteiger partial charge on any atom is -0.0414 e. The SMILES string of the molecule is C1CC2CCC1CCC1CCC(CC1)CC2. The first-order chi connectivity index (χ1) is 7.90. The van der Waals surface area contributed by atoms with Crippen LogP contribution >= 0.6 is 0 Å². The Morgan fingerprint density at radius 2 is 0.375 bits per heavy atom. The van der Waals surface area contributed by atoms with Crippen LogP contribution in [0.15, 0.2) is 0 Å². The first kappa shape index (κ1) is 11.1. The number of rotatable bonds is 0. The lowest BCUT2D eigenvalue weighted by molar-refractivity contribution is 0.176. The van der Waals surface area contributed by atoms with Crippen LogP contribution in [-0.2, 0) is 0 Å². The fraction of sp³-hybridized carbons (Fsp3) is 1.00. The van der Waals surface area contributed by atoms with E-state index in [4.69, 9.17) is 0 Å². The van der Waals surface area contributed by atoms with Crippen LogP contribution in [0.5, 0.6) is 0 Å². The largest absolute Gasteiger partial charge is 0.0502 e. The van der Waals surface area contributed by atoms with E-state index in [1.54, 1.807) is 77.0 Å². The fourth-order valence-electron chi connectivity index (χ4n) is 4.56. The van der Waals surface area contributed by atoms with E-state index >= 15 is 0 Å². The van der Waals surface area contributed by atoms with Gasteiger partial charge in [0.15, 0.2) is 0 Å². The smallest absolute Gasteiger partial charge is 0.0414 e. The van der Waals surface area contributed by atoms with Gasteiger partial charge in [-0.25, -0.2) is 0 Å². The molecule has 0 heteroatoms. The van der Waals surface area contributed by atoms with E-state index in [1.165, 1.54) is 0 Å². The van der Waals surface area contributed by atoms with E-state index in [1.807, 2.05) is 0 Å². The van der Waals surface area contributed by atoms with Gasteiger partial charge in [-0.05, 0) is 23.7 Å². The molecule has 0 aromatic heterocycles. The molecule has 6 aliphatic carbocycles. The normalized spacial score (nSPS) is 45.0. The van der Waals surface area contributed by atoms with Crippen LogP contribution in [0, 0.1) is 23.7 Å². The molecule has 6 aliphatic rings. The van der Waals surface area contributed by atoms with E-state index in [-0.39, 0.29) is 0 Å². The van der Waals surface area contributed by atoms with Crippen molar-refractivity contribution < 1.29 is 0 Å². The van der Waals surface area contributed by atoms with Gasteiger partial charge in [-0.15, -0.1) is 0 Å². The van der Waals surface area contributed by atoms with Gasteiger partial charge in [0.2, 0.25) is 0 Å². The highest BCUT2D eigenvalue weighted by molar-refractivity contribution is 4.79. The van der Waals surface area contributed by atoms with E-state index in [0.29, 0.717) is 0 Å². The Morgan fingerprint density at radius 1 is 0.250 bits per heavy atom. The minimum atomic E-state index is 1.12. The lowest BCUT2D eigenvalue weighted by Crippen LogP contribution is -2.21. The van der Waals surface area contributed by atoms with Crippen LogP contribution in [0.25, 0.3) is 0 Å². The maximum atomic E-state index is 1.57. The van der Waals surface area contributed by atoms with Gasteiger partial charge >= 0.3 is 0 Å². The minimum absolute atomic E-state index is 1.12. The summed E-state index contributed by atoms with van der Waals surface area (Å²) in [5.74, 6) is 4.48. The van der Waals surface area contributed by atoms with E-state index < -0.39 is 0 Å². The van der Waals surface area contributed by atoms with Crippen LogP contribution in [0.4, 0.5) is 0 Å². The molecule has 6 rings (SSSR count). The molecular weight excluding hydrogens is 192 g/mol. The second-order valence-electron chi connectivity index (χ2n) is 6.93. The van der Waals surface area contributed by atoms with Gasteiger partial charge in [0.05, 0.1) is 0 Å². The van der Waals surface area contributed by atoms with E-state index in [9.17, 15) is 0 Å². The molecule has 0 N–H and O–H groups in total. The van der Waals surface area contributed by atoms with Gasteiger partial charge < -0.3 is 0 Å². The Bertz CT molecular complexity index is 156. The van der Waals surface area contributed by atoms with Crippen LogP contribution in [-0.4, -0.2) is 0 Å². The van der Waals surface area contributed by atoms with Crippen molar-refractivity contribution in [3.8, 4) is 0 Å². The summed E-state index contributed by atoms with van der Waals surface area (Å²) in [6.07, 6.45) is 18.9. The Kier molecular flexibility index (Phi) is 3.54. The Balaban J connectivity index is 1.63. The summed E-state index contributed by atoms with van der Waals surface area (Å²) in [5.41, 5.74) is 0. The van der Waals surface area contributed by atoms with Crippen LogP contribution in [0.1, 0.15) is 77.0 Å². The summed E-state index contributed by atoms with van der Waals surface area (Å²) in [6, 6.07) is 0. The van der Waals surface area contributed by atoms with Gasteiger partial charge in [0, 0.05) is 0 Å². The van der Waals surface area contributed by atoms with Crippen molar-refractivity contribution in [2.75, 3.05) is 0 Å². The highest BCUT2D eigenvalue weighted by Gasteiger charge is 2.27. The second-order valence-corrected chi connectivity index (χ2v) is 6.93. The topological polar surface area (TPSA) is 0 Å². The summed E-state index contributed by atoms with van der Waals surface area (Å²) in [7, 11) is 0. The van der Waals surface area contributed by atoms with Crippen LogP contribution in [0.2, 0.25) is 0 Å². The average molecular weight is 220 g/mol. The highest BCUT2D eigenvalue weighted by atomic mass is 14.3. The van der Waals surface area contributed by atoms with Crippen molar-refractivity contribution in [1.29, 1.82) is 0 Å². The standard InChI is InChI=1S/C16H28/c1-2-14-4-3-13(1)9-10-15-5-7-16(8-6-15)12-11-14/h13-16H,1-12H2. The Hall–Kier alpha value is 0. The molecule has 0 aromatic carbocycles.